The Labute approximate surface area is 288 Å². The molecule has 0 saturated heterocycles. The van der Waals surface area contributed by atoms with E-state index in [2.05, 4.69) is 41.5 Å². The van der Waals surface area contributed by atoms with E-state index >= 15 is 0 Å². The second-order valence-corrected chi connectivity index (χ2v) is 41.2. The summed E-state index contributed by atoms with van der Waals surface area (Å²) in [6.45, 7) is 28.4. The molecule has 0 N–H and O–H groups in total. The van der Waals surface area contributed by atoms with Crippen molar-refractivity contribution in [2.75, 3.05) is 13.2 Å². The number of carbonyl (C=O) groups excluding carboxylic acids is 2. The molecule has 0 bridgehead atoms. The number of hydrogen-bond donors (Lipinski definition) is 0. The van der Waals surface area contributed by atoms with Crippen LogP contribution in [0.15, 0.2) is 20.3 Å². The minimum absolute atomic E-state index is 0.147. The third kappa shape index (κ3) is 11.6. The third-order valence-electron chi connectivity index (χ3n) is 11.3. The first-order valence-corrected chi connectivity index (χ1v) is 34.3. The van der Waals surface area contributed by atoms with Gasteiger partial charge in [-0.2, -0.15) is 0 Å². The van der Waals surface area contributed by atoms with Crippen molar-refractivity contribution in [3.05, 3.63) is 20.3 Å². The van der Waals surface area contributed by atoms with E-state index in [1.54, 1.807) is 0 Å². The van der Waals surface area contributed by atoms with Crippen molar-refractivity contribution in [1.82, 2.24) is 0 Å². The van der Waals surface area contributed by atoms with Crippen molar-refractivity contribution < 1.29 is 19.1 Å². The van der Waals surface area contributed by atoms with E-state index in [-0.39, 0.29) is 37.0 Å². The average Bonchev–Trinajstić information content (AvgIpc) is 3.46. The molecule has 1 aliphatic carbocycles. The van der Waals surface area contributed by atoms with E-state index in [9.17, 15) is 9.59 Å². The fourth-order valence-electron chi connectivity index (χ4n) is 8.40. The molecule has 1 saturated carbocycles. The van der Waals surface area contributed by atoms with Gasteiger partial charge in [0.15, 0.2) is 0 Å². The van der Waals surface area contributed by atoms with Gasteiger partial charge in [0.05, 0.1) is 0 Å². The normalized spacial score (nSPS) is 18.1. The minimum atomic E-state index is -2.94. The molecular weight excluding hydrogens is 770 g/mol. The van der Waals surface area contributed by atoms with Crippen LogP contribution in [0, 0.1) is 17.3 Å². The van der Waals surface area contributed by atoms with Gasteiger partial charge in [0.2, 0.25) is 0 Å². The van der Waals surface area contributed by atoms with Crippen molar-refractivity contribution in [1.29, 1.82) is 0 Å². The Morgan fingerprint density at radius 1 is 0.533 bits per heavy atom. The number of hydrogen-bond acceptors (Lipinski definition) is 4. The van der Waals surface area contributed by atoms with Gasteiger partial charge in [-0.25, -0.2) is 0 Å². The monoisotopic (exact) mass is 846 g/mol. The van der Waals surface area contributed by atoms with Crippen molar-refractivity contribution >= 4 is 48.7 Å². The van der Waals surface area contributed by atoms with Gasteiger partial charge in [0, 0.05) is 0 Å². The molecule has 262 valence electrons. The molecule has 0 spiro atoms. The molecule has 0 aromatic carbocycles. The van der Waals surface area contributed by atoms with Gasteiger partial charge in [-0.15, -0.1) is 0 Å². The van der Waals surface area contributed by atoms with Crippen LogP contribution >= 0.6 is 0 Å². The van der Waals surface area contributed by atoms with Gasteiger partial charge in [-0.3, -0.25) is 0 Å². The first-order valence-electron chi connectivity index (χ1n) is 19.3. The zero-order chi connectivity index (χ0) is 33.9. The van der Waals surface area contributed by atoms with E-state index in [0.717, 1.165) is 0 Å². The van der Waals surface area contributed by atoms with Crippen LogP contribution in [0.4, 0.5) is 0 Å². The zero-order valence-corrected chi connectivity index (χ0v) is 37.0. The fourth-order valence-corrected chi connectivity index (χ4v) is 42.0. The van der Waals surface area contributed by atoms with Crippen molar-refractivity contribution in [2.24, 2.45) is 17.3 Å². The molecule has 0 heterocycles. The molecule has 0 aromatic heterocycles. The molecule has 0 unspecified atom stereocenters. The summed E-state index contributed by atoms with van der Waals surface area (Å²) in [6.07, 6.45) is 15.9. The molecule has 2 atom stereocenters. The Kier molecular flexibility index (Phi) is 21.6. The Bertz CT molecular complexity index is 782. The summed E-state index contributed by atoms with van der Waals surface area (Å²) < 4.78 is 22.6. The van der Waals surface area contributed by atoms with Gasteiger partial charge in [0.1, 0.15) is 0 Å². The van der Waals surface area contributed by atoms with E-state index in [0.29, 0.717) is 12.8 Å². The molecular formula is C39H74O4Sn2. The quantitative estimate of drug-likeness (QED) is 0.0494. The molecule has 0 amide bonds. The summed E-state index contributed by atoms with van der Waals surface area (Å²) in [4.78, 5) is 28.0. The van der Waals surface area contributed by atoms with Crippen molar-refractivity contribution in [2.45, 2.75) is 172 Å². The number of esters is 2. The summed E-state index contributed by atoms with van der Waals surface area (Å²) in [5.41, 5.74) is -1.25. The fraction of sp³-hybridized carbons (Fsp3) is 0.846. The van der Waals surface area contributed by atoms with Gasteiger partial charge in [-0.1, -0.05) is 0 Å². The third-order valence-corrected chi connectivity index (χ3v) is 43.6. The zero-order valence-electron chi connectivity index (χ0n) is 31.3. The van der Waals surface area contributed by atoms with Gasteiger partial charge < -0.3 is 0 Å². The summed E-state index contributed by atoms with van der Waals surface area (Å²) in [5, 5.41) is 0. The molecule has 1 rings (SSSR count). The van der Waals surface area contributed by atoms with E-state index < -0.39 is 42.2 Å². The van der Waals surface area contributed by atoms with Gasteiger partial charge in [-0.05, 0) is 0 Å². The standard InChI is InChI=1S/C15H20O4.6C4H9.2Sn/c1-5-11-9-15(10-12(11)6-2,13(16)18-7-3)14(17)19-8-4;6*1-3-4-2;;/h11-12H,1-2,7-10H2,3-4H3;6*1,3-4H2,2H3;;/t11-,12+;;;;;;;;. The number of ether oxygens (including phenoxy) is 2. The van der Waals surface area contributed by atoms with Crippen LogP contribution in [-0.2, 0) is 19.1 Å². The molecule has 6 heteroatoms. The second-order valence-electron chi connectivity index (χ2n) is 14.4. The summed E-state index contributed by atoms with van der Waals surface area (Å²) in [5.74, 6) is -0.448. The number of rotatable bonds is 26. The van der Waals surface area contributed by atoms with Crippen LogP contribution in [0.1, 0.15) is 145 Å². The summed E-state index contributed by atoms with van der Waals surface area (Å²) >= 11 is -5.88. The molecule has 0 aliphatic heterocycles. The van der Waals surface area contributed by atoms with Crippen LogP contribution in [0.2, 0.25) is 26.6 Å². The van der Waals surface area contributed by atoms with Crippen LogP contribution in [0.25, 0.3) is 0 Å². The van der Waals surface area contributed by atoms with Crippen LogP contribution in [-0.4, -0.2) is 61.9 Å². The topological polar surface area (TPSA) is 52.6 Å². The first-order chi connectivity index (χ1) is 21.6. The van der Waals surface area contributed by atoms with Crippen LogP contribution < -0.4 is 0 Å². The van der Waals surface area contributed by atoms with Gasteiger partial charge in [0.25, 0.3) is 0 Å². The SMILES string of the molecule is C=[C]([C@H]1CC(C(=O)OCC)(C(=O)OCC)C[C@H]1[C](=C)[Sn]([CH2]CCC)([CH2]CCC)[CH2]CCC)[Sn]([CH2]CCC)([CH2]CCC)[CH2]CCC. The van der Waals surface area contributed by atoms with E-state index in [4.69, 9.17) is 22.6 Å². The van der Waals surface area contributed by atoms with Gasteiger partial charge >= 0.3 is 290 Å². The first kappa shape index (κ1) is 43.0. The van der Waals surface area contributed by atoms with Crippen LogP contribution in [0.5, 0.6) is 0 Å². The predicted octanol–water partition coefficient (Wildman–Crippen LogP) is 12.0. The molecule has 45 heavy (non-hydrogen) atoms. The Morgan fingerprint density at radius 2 is 0.778 bits per heavy atom. The Balaban J connectivity index is 3.99. The number of unbranched alkanes of at least 4 members (excludes halogenated alkanes) is 6. The van der Waals surface area contributed by atoms with Crippen molar-refractivity contribution in [3.63, 3.8) is 0 Å². The second kappa shape index (κ2) is 22.6. The molecule has 0 aromatic rings. The number of carbonyl (C=O) groups is 2. The summed E-state index contributed by atoms with van der Waals surface area (Å²) in [6, 6.07) is 0. The maximum atomic E-state index is 14.0. The predicted molar refractivity (Wildman–Crippen MR) is 200 cm³/mol. The van der Waals surface area contributed by atoms with E-state index in [1.165, 1.54) is 111 Å². The Hall–Kier alpha value is 0.0174. The van der Waals surface area contributed by atoms with Crippen LogP contribution in [0.3, 0.4) is 0 Å². The Morgan fingerprint density at radius 3 is 0.978 bits per heavy atom. The number of allylic oxidation sites excluding steroid dienone is 2. The maximum absolute atomic E-state index is 14.0. The molecule has 1 aliphatic rings. The molecule has 1 fully saturated rings. The molecule has 4 nitrogen and oxygen atoms in total. The van der Waals surface area contributed by atoms with E-state index in [1.807, 2.05) is 13.8 Å². The average molecular weight is 844 g/mol. The summed E-state index contributed by atoms with van der Waals surface area (Å²) in [7, 11) is 0. The van der Waals surface area contributed by atoms with Crippen molar-refractivity contribution in [3.8, 4) is 0 Å². The molecule has 0 radical (unpaired) electrons.